The Bertz CT molecular complexity index is 718. The Hall–Kier alpha value is -2.53. The molecule has 5 nitrogen and oxygen atoms in total. The number of hydrogen-bond donors (Lipinski definition) is 2. The second-order valence-electron chi connectivity index (χ2n) is 5.91. The molecule has 0 aromatic heterocycles. The molecule has 1 amide bonds. The van der Waals surface area contributed by atoms with E-state index >= 15 is 0 Å². The zero-order valence-corrected chi connectivity index (χ0v) is 14.6. The number of rotatable bonds is 8. The maximum atomic E-state index is 12.2. The van der Waals surface area contributed by atoms with Gasteiger partial charge < -0.3 is 15.2 Å². The van der Waals surface area contributed by atoms with E-state index in [9.17, 15) is 14.7 Å². The lowest BCUT2D eigenvalue weighted by Gasteiger charge is -2.26. The number of amides is 1. The van der Waals surface area contributed by atoms with E-state index in [0.717, 1.165) is 5.56 Å². The van der Waals surface area contributed by atoms with Crippen LogP contribution in [0, 0.1) is 0 Å². The summed E-state index contributed by atoms with van der Waals surface area (Å²) in [5.41, 5.74) is -0.551. The average molecular weight is 362 g/mol. The molecule has 6 heteroatoms. The lowest BCUT2D eigenvalue weighted by atomic mass is 10.0. The van der Waals surface area contributed by atoms with Gasteiger partial charge in [0.05, 0.1) is 0 Å². The van der Waals surface area contributed by atoms with Crippen molar-refractivity contribution in [3.8, 4) is 5.75 Å². The van der Waals surface area contributed by atoms with Crippen LogP contribution in [0.1, 0.15) is 18.9 Å². The van der Waals surface area contributed by atoms with Gasteiger partial charge in [0.1, 0.15) is 12.4 Å². The third kappa shape index (κ3) is 5.80. The first-order chi connectivity index (χ1) is 11.9. The van der Waals surface area contributed by atoms with Crippen LogP contribution < -0.4 is 10.1 Å². The summed E-state index contributed by atoms with van der Waals surface area (Å²) in [6, 6.07) is 16.1. The fourth-order valence-corrected chi connectivity index (χ4v) is 2.30. The molecule has 2 aromatic rings. The van der Waals surface area contributed by atoms with Crippen LogP contribution in [0.15, 0.2) is 54.6 Å². The molecule has 2 rings (SSSR count). The first kappa shape index (κ1) is 18.8. The van der Waals surface area contributed by atoms with Crippen LogP contribution in [0.5, 0.6) is 5.75 Å². The molecular weight excluding hydrogens is 342 g/mol. The summed E-state index contributed by atoms with van der Waals surface area (Å²) in [5, 5.41) is 12.7. The monoisotopic (exact) mass is 361 g/mol. The third-order valence-corrected chi connectivity index (χ3v) is 3.96. The molecule has 0 saturated heterocycles. The lowest BCUT2D eigenvalue weighted by Crippen LogP contribution is -2.56. The van der Waals surface area contributed by atoms with Gasteiger partial charge >= 0.3 is 5.97 Å². The van der Waals surface area contributed by atoms with E-state index in [4.69, 9.17) is 16.3 Å². The van der Waals surface area contributed by atoms with Crippen molar-refractivity contribution in [2.75, 3.05) is 6.61 Å². The van der Waals surface area contributed by atoms with Crippen LogP contribution in [0.2, 0.25) is 5.02 Å². The summed E-state index contributed by atoms with van der Waals surface area (Å²) < 4.78 is 5.50. The highest BCUT2D eigenvalue weighted by Crippen LogP contribution is 2.14. The Morgan fingerprint density at radius 1 is 1.12 bits per heavy atom. The first-order valence-corrected chi connectivity index (χ1v) is 8.23. The van der Waals surface area contributed by atoms with Gasteiger partial charge in [-0.2, -0.15) is 0 Å². The molecule has 0 heterocycles. The summed E-state index contributed by atoms with van der Waals surface area (Å²) in [6.07, 6.45) is 0.675. The molecule has 0 bridgehead atoms. The van der Waals surface area contributed by atoms with E-state index in [0.29, 0.717) is 17.2 Å². The number of halogens is 1. The minimum absolute atomic E-state index is 0.168. The molecule has 25 heavy (non-hydrogen) atoms. The normalized spacial score (nSPS) is 12.9. The van der Waals surface area contributed by atoms with E-state index in [1.165, 1.54) is 6.92 Å². The number of carboxylic acid groups (broad SMARTS) is 1. The highest BCUT2D eigenvalue weighted by Gasteiger charge is 2.35. The molecule has 0 saturated carbocycles. The molecule has 0 aliphatic heterocycles. The van der Waals surface area contributed by atoms with Crippen molar-refractivity contribution in [1.82, 2.24) is 5.32 Å². The number of hydrogen-bond acceptors (Lipinski definition) is 3. The van der Waals surface area contributed by atoms with Gasteiger partial charge in [-0.05, 0) is 43.2 Å². The van der Waals surface area contributed by atoms with Gasteiger partial charge in [0.25, 0.3) is 0 Å². The Kier molecular flexibility index (Phi) is 6.42. The Morgan fingerprint density at radius 3 is 2.36 bits per heavy atom. The molecule has 1 atom stereocenters. The van der Waals surface area contributed by atoms with Crippen molar-refractivity contribution in [1.29, 1.82) is 0 Å². The SMILES string of the molecule is CC(COc1ccccc1)(NC(=O)CCc1ccc(Cl)cc1)C(=O)O. The third-order valence-electron chi connectivity index (χ3n) is 3.71. The Balaban J connectivity index is 1.91. The number of aliphatic carboxylic acids is 1. The second kappa shape index (κ2) is 8.53. The maximum absolute atomic E-state index is 12.2. The Labute approximate surface area is 151 Å². The van der Waals surface area contributed by atoms with Crippen molar-refractivity contribution in [2.45, 2.75) is 25.3 Å². The molecule has 0 fully saturated rings. The minimum atomic E-state index is -1.51. The number of para-hydroxylation sites is 1. The lowest BCUT2D eigenvalue weighted by molar-refractivity contribution is -0.148. The fraction of sp³-hybridized carbons (Fsp3) is 0.263. The summed E-state index contributed by atoms with van der Waals surface area (Å²) in [5.74, 6) is -0.954. The van der Waals surface area contributed by atoms with E-state index in [1.54, 1.807) is 36.4 Å². The van der Waals surface area contributed by atoms with Crippen LogP contribution in [0.4, 0.5) is 0 Å². The van der Waals surface area contributed by atoms with E-state index in [1.807, 2.05) is 18.2 Å². The predicted molar refractivity (Wildman–Crippen MR) is 95.9 cm³/mol. The van der Waals surface area contributed by atoms with Gasteiger partial charge in [-0.3, -0.25) is 4.79 Å². The molecule has 0 aliphatic carbocycles. The van der Waals surface area contributed by atoms with E-state index in [2.05, 4.69) is 5.32 Å². The number of benzene rings is 2. The fourth-order valence-electron chi connectivity index (χ4n) is 2.17. The van der Waals surface area contributed by atoms with Crippen molar-refractivity contribution >= 4 is 23.5 Å². The molecule has 0 radical (unpaired) electrons. The van der Waals surface area contributed by atoms with Crippen LogP contribution in [-0.4, -0.2) is 29.1 Å². The summed E-state index contributed by atoms with van der Waals surface area (Å²) in [7, 11) is 0. The van der Waals surface area contributed by atoms with Crippen LogP contribution in [0.25, 0.3) is 0 Å². The molecule has 1 unspecified atom stereocenters. The van der Waals surface area contributed by atoms with Gasteiger partial charge in [0.15, 0.2) is 5.54 Å². The highest BCUT2D eigenvalue weighted by molar-refractivity contribution is 6.30. The van der Waals surface area contributed by atoms with Gasteiger partial charge in [-0.15, -0.1) is 0 Å². The number of ether oxygens (including phenoxy) is 1. The van der Waals surface area contributed by atoms with Crippen molar-refractivity contribution in [2.24, 2.45) is 0 Å². The molecular formula is C19H20ClNO4. The summed E-state index contributed by atoms with van der Waals surface area (Å²) >= 11 is 5.82. The topological polar surface area (TPSA) is 75.6 Å². The second-order valence-corrected chi connectivity index (χ2v) is 6.35. The van der Waals surface area contributed by atoms with Crippen molar-refractivity contribution in [3.05, 3.63) is 65.2 Å². The first-order valence-electron chi connectivity index (χ1n) is 7.86. The van der Waals surface area contributed by atoms with Gasteiger partial charge in [-0.1, -0.05) is 41.9 Å². The van der Waals surface area contributed by atoms with E-state index < -0.39 is 11.5 Å². The minimum Gasteiger partial charge on any atom is -0.491 e. The van der Waals surface area contributed by atoms with Crippen LogP contribution in [0.3, 0.4) is 0 Å². The van der Waals surface area contributed by atoms with Gasteiger partial charge in [-0.25, -0.2) is 4.79 Å². The summed E-state index contributed by atoms with van der Waals surface area (Å²) in [4.78, 5) is 23.7. The average Bonchev–Trinajstić information content (AvgIpc) is 2.60. The molecule has 0 spiro atoms. The van der Waals surface area contributed by atoms with E-state index in [-0.39, 0.29) is 18.9 Å². The Morgan fingerprint density at radius 2 is 1.76 bits per heavy atom. The quantitative estimate of drug-likeness (QED) is 0.756. The van der Waals surface area contributed by atoms with Gasteiger partial charge in [0, 0.05) is 11.4 Å². The number of carbonyl (C=O) groups excluding carboxylic acids is 1. The van der Waals surface area contributed by atoms with Crippen molar-refractivity contribution in [3.63, 3.8) is 0 Å². The molecule has 2 N–H and O–H groups in total. The number of nitrogens with one attached hydrogen (secondary N) is 1. The molecule has 0 aliphatic rings. The highest BCUT2D eigenvalue weighted by atomic mass is 35.5. The number of carbonyl (C=O) groups is 2. The zero-order chi connectivity index (χ0) is 18.3. The summed E-state index contributed by atoms with van der Waals surface area (Å²) in [6.45, 7) is 1.26. The standard InChI is InChI=1S/C19H20ClNO4/c1-19(18(23)24,13-25-16-5-3-2-4-6-16)21-17(22)12-9-14-7-10-15(20)11-8-14/h2-8,10-11H,9,12-13H2,1H3,(H,21,22)(H,23,24). The van der Waals surface area contributed by atoms with Crippen molar-refractivity contribution < 1.29 is 19.4 Å². The number of aryl methyl sites for hydroxylation is 1. The van der Waals surface area contributed by atoms with Crippen LogP contribution >= 0.6 is 11.6 Å². The zero-order valence-electron chi connectivity index (χ0n) is 13.9. The van der Waals surface area contributed by atoms with Crippen LogP contribution in [-0.2, 0) is 16.0 Å². The largest absolute Gasteiger partial charge is 0.491 e. The molecule has 132 valence electrons. The maximum Gasteiger partial charge on any atom is 0.332 e. The number of carboxylic acids is 1. The smallest absolute Gasteiger partial charge is 0.332 e. The molecule has 2 aromatic carbocycles. The predicted octanol–water partition coefficient (Wildman–Crippen LogP) is 3.31. The van der Waals surface area contributed by atoms with Gasteiger partial charge in [0.2, 0.25) is 5.91 Å².